The van der Waals surface area contributed by atoms with Gasteiger partial charge in [0.15, 0.2) is 6.10 Å². The third-order valence-electron chi connectivity index (χ3n) is 1.56. The van der Waals surface area contributed by atoms with Gasteiger partial charge in [-0.2, -0.15) is 0 Å². The molecule has 0 aromatic carbocycles. The summed E-state index contributed by atoms with van der Waals surface area (Å²) in [5.41, 5.74) is 0. The fourth-order valence-corrected chi connectivity index (χ4v) is 0.828. The molecule has 0 saturated heterocycles. The zero-order valence-electron chi connectivity index (χ0n) is 8.90. The summed E-state index contributed by atoms with van der Waals surface area (Å²) in [6.07, 6.45) is -1.72. The Morgan fingerprint density at radius 1 is 1.14 bits per heavy atom. The highest BCUT2D eigenvalue weighted by molar-refractivity contribution is 5.81. The number of amides is 1. The van der Waals surface area contributed by atoms with E-state index in [1.807, 2.05) is 13.8 Å². The molecule has 0 spiro atoms. The highest BCUT2D eigenvalue weighted by Gasteiger charge is 2.20. The van der Waals surface area contributed by atoms with Crippen molar-refractivity contribution >= 4 is 11.9 Å². The average Bonchev–Trinajstić information content (AvgIpc) is 2.02. The molecule has 0 saturated carbocycles. The molecule has 14 heavy (non-hydrogen) atoms. The van der Waals surface area contributed by atoms with Crippen LogP contribution in [0, 0.1) is 0 Å². The largest absolute Gasteiger partial charge is 0.479 e. The van der Waals surface area contributed by atoms with Crippen LogP contribution in [0.5, 0.6) is 0 Å². The van der Waals surface area contributed by atoms with Gasteiger partial charge in [0.2, 0.25) is 5.91 Å². The number of hydrogen-bond acceptors (Lipinski definition) is 3. The Hall–Kier alpha value is -1.10. The van der Waals surface area contributed by atoms with Gasteiger partial charge in [-0.15, -0.1) is 0 Å². The zero-order chi connectivity index (χ0) is 11.3. The summed E-state index contributed by atoms with van der Waals surface area (Å²) >= 11 is 0. The maximum atomic E-state index is 11.3. The molecule has 2 unspecified atom stereocenters. The molecular weight excluding hydrogens is 186 g/mol. The van der Waals surface area contributed by atoms with E-state index in [4.69, 9.17) is 9.84 Å². The Morgan fingerprint density at radius 3 is 2.00 bits per heavy atom. The number of carboxylic acids is 1. The van der Waals surface area contributed by atoms with Crippen molar-refractivity contribution in [2.75, 3.05) is 0 Å². The van der Waals surface area contributed by atoms with Gasteiger partial charge in [-0.1, -0.05) is 0 Å². The lowest BCUT2D eigenvalue weighted by Gasteiger charge is -2.17. The number of ether oxygens (including phenoxy) is 1. The van der Waals surface area contributed by atoms with E-state index in [1.54, 1.807) is 0 Å². The van der Waals surface area contributed by atoms with Gasteiger partial charge in [-0.25, -0.2) is 4.79 Å². The van der Waals surface area contributed by atoms with Crippen LogP contribution in [0.1, 0.15) is 27.7 Å². The maximum Gasteiger partial charge on any atom is 0.332 e. The molecule has 0 radical (unpaired) electrons. The normalized spacial score (nSPS) is 14.9. The number of carboxylic acid groups (broad SMARTS) is 1. The highest BCUT2D eigenvalue weighted by Crippen LogP contribution is 1.99. The van der Waals surface area contributed by atoms with Crippen LogP contribution in [0.4, 0.5) is 0 Å². The molecule has 5 nitrogen and oxygen atoms in total. The minimum Gasteiger partial charge on any atom is -0.479 e. The molecule has 82 valence electrons. The highest BCUT2D eigenvalue weighted by atomic mass is 16.5. The summed E-state index contributed by atoms with van der Waals surface area (Å²) in [7, 11) is 0. The molecule has 0 rings (SSSR count). The summed E-state index contributed by atoms with van der Waals surface area (Å²) in [6, 6.07) is 0.0219. The van der Waals surface area contributed by atoms with Gasteiger partial charge >= 0.3 is 5.97 Å². The van der Waals surface area contributed by atoms with E-state index >= 15 is 0 Å². The molecule has 0 fully saturated rings. The summed E-state index contributed by atoms with van der Waals surface area (Å²) in [5.74, 6) is -1.37. The van der Waals surface area contributed by atoms with Crippen molar-refractivity contribution in [1.82, 2.24) is 5.32 Å². The van der Waals surface area contributed by atoms with Crippen LogP contribution in [0.3, 0.4) is 0 Å². The topological polar surface area (TPSA) is 75.6 Å². The second-order valence-corrected chi connectivity index (χ2v) is 3.42. The predicted molar refractivity (Wildman–Crippen MR) is 50.9 cm³/mol. The quantitative estimate of drug-likeness (QED) is 0.677. The zero-order valence-corrected chi connectivity index (χ0v) is 8.90. The van der Waals surface area contributed by atoms with E-state index in [0.29, 0.717) is 0 Å². The number of rotatable bonds is 5. The Morgan fingerprint density at radius 2 is 1.64 bits per heavy atom. The van der Waals surface area contributed by atoms with Crippen molar-refractivity contribution in [3.63, 3.8) is 0 Å². The van der Waals surface area contributed by atoms with Crippen molar-refractivity contribution in [2.45, 2.75) is 45.9 Å². The minimum atomic E-state index is -1.07. The van der Waals surface area contributed by atoms with Crippen LogP contribution < -0.4 is 5.32 Å². The molecular formula is C9H17NO4. The van der Waals surface area contributed by atoms with E-state index in [-0.39, 0.29) is 11.9 Å². The first-order chi connectivity index (χ1) is 6.34. The molecule has 5 heteroatoms. The lowest BCUT2D eigenvalue weighted by atomic mass is 10.3. The minimum absolute atomic E-state index is 0.0219. The number of nitrogens with one attached hydrogen (secondary N) is 1. The first-order valence-corrected chi connectivity index (χ1v) is 4.53. The standard InChI is InChI=1S/C9H17NO4/c1-5(2)10-8(11)6(3)14-7(4)9(12)13/h5-7H,1-4H3,(H,10,11)(H,12,13). The Labute approximate surface area is 83.4 Å². The molecule has 1 amide bonds. The second-order valence-electron chi connectivity index (χ2n) is 3.42. The Balaban J connectivity index is 4.01. The van der Waals surface area contributed by atoms with Crippen LogP contribution >= 0.6 is 0 Å². The molecule has 0 aliphatic carbocycles. The smallest absolute Gasteiger partial charge is 0.332 e. The van der Waals surface area contributed by atoms with Crippen molar-refractivity contribution < 1.29 is 19.4 Å². The van der Waals surface area contributed by atoms with Gasteiger partial charge in [0.25, 0.3) is 0 Å². The van der Waals surface area contributed by atoms with Crippen molar-refractivity contribution in [1.29, 1.82) is 0 Å². The number of carbonyl (C=O) groups excluding carboxylic acids is 1. The van der Waals surface area contributed by atoms with Gasteiger partial charge in [0.05, 0.1) is 0 Å². The van der Waals surface area contributed by atoms with Crippen LogP contribution in [-0.2, 0) is 14.3 Å². The van der Waals surface area contributed by atoms with E-state index in [1.165, 1.54) is 13.8 Å². The van der Waals surface area contributed by atoms with Crippen LogP contribution in [-0.4, -0.2) is 35.2 Å². The van der Waals surface area contributed by atoms with Crippen molar-refractivity contribution in [3.05, 3.63) is 0 Å². The first-order valence-electron chi connectivity index (χ1n) is 4.53. The molecule has 0 aromatic heterocycles. The Bertz CT molecular complexity index is 215. The van der Waals surface area contributed by atoms with E-state index in [2.05, 4.69) is 5.32 Å². The number of hydrogen-bond donors (Lipinski definition) is 2. The molecule has 0 aliphatic heterocycles. The number of carbonyl (C=O) groups is 2. The van der Waals surface area contributed by atoms with E-state index < -0.39 is 18.2 Å². The molecule has 0 aliphatic rings. The first kappa shape index (κ1) is 12.9. The summed E-state index contributed by atoms with van der Waals surface area (Å²) in [5, 5.41) is 11.2. The molecule has 2 atom stereocenters. The Kier molecular flexibility index (Phi) is 5.15. The summed E-state index contributed by atoms with van der Waals surface area (Å²) < 4.78 is 4.96. The lowest BCUT2D eigenvalue weighted by molar-refractivity contribution is -0.155. The third-order valence-corrected chi connectivity index (χ3v) is 1.56. The molecule has 0 aromatic rings. The van der Waals surface area contributed by atoms with Crippen LogP contribution in [0.15, 0.2) is 0 Å². The number of aliphatic carboxylic acids is 1. The SMILES string of the molecule is CC(C)NC(=O)C(C)OC(C)C(=O)O. The summed E-state index contributed by atoms with van der Waals surface area (Å²) in [6.45, 7) is 6.56. The lowest BCUT2D eigenvalue weighted by Crippen LogP contribution is -2.41. The van der Waals surface area contributed by atoms with Gasteiger partial charge in [0.1, 0.15) is 6.10 Å². The van der Waals surface area contributed by atoms with Gasteiger partial charge in [0, 0.05) is 6.04 Å². The van der Waals surface area contributed by atoms with Gasteiger partial charge in [-0.3, -0.25) is 4.79 Å². The monoisotopic (exact) mass is 203 g/mol. The fraction of sp³-hybridized carbons (Fsp3) is 0.778. The summed E-state index contributed by atoms with van der Waals surface area (Å²) in [4.78, 5) is 21.7. The van der Waals surface area contributed by atoms with Crippen LogP contribution in [0.2, 0.25) is 0 Å². The molecule has 0 heterocycles. The predicted octanol–water partition coefficient (Wildman–Crippen LogP) is 0.389. The molecule has 2 N–H and O–H groups in total. The van der Waals surface area contributed by atoms with Crippen molar-refractivity contribution in [2.24, 2.45) is 0 Å². The van der Waals surface area contributed by atoms with Crippen LogP contribution in [0.25, 0.3) is 0 Å². The fourth-order valence-electron chi connectivity index (χ4n) is 0.828. The van der Waals surface area contributed by atoms with Gasteiger partial charge < -0.3 is 15.2 Å². The second kappa shape index (κ2) is 5.59. The van der Waals surface area contributed by atoms with E-state index in [0.717, 1.165) is 0 Å². The maximum absolute atomic E-state index is 11.3. The van der Waals surface area contributed by atoms with E-state index in [9.17, 15) is 9.59 Å². The van der Waals surface area contributed by atoms with Gasteiger partial charge in [-0.05, 0) is 27.7 Å². The van der Waals surface area contributed by atoms with Crippen molar-refractivity contribution in [3.8, 4) is 0 Å². The molecule has 0 bridgehead atoms. The average molecular weight is 203 g/mol. The third kappa shape index (κ3) is 4.81.